The maximum absolute atomic E-state index is 11.6. The van der Waals surface area contributed by atoms with E-state index < -0.39 is 72.3 Å². The van der Waals surface area contributed by atoms with E-state index in [1.54, 1.807) is 0 Å². The normalized spacial score (nSPS) is 14.4. The minimum Gasteiger partial charge on any atom is -0.462 e. The van der Waals surface area contributed by atoms with Gasteiger partial charge in [-0.05, 0) is 0 Å². The van der Waals surface area contributed by atoms with Crippen LogP contribution in [0.4, 0.5) is 0 Å². The number of rotatable bonds is 11. The van der Waals surface area contributed by atoms with Crippen molar-refractivity contribution in [2.24, 2.45) is 0 Å². The standard InChI is InChI=1S/C16H23NO12/c1-8(18)25-7-14(27-10(3)20)16(29-12(5)22)15(28-11(4)21)13(6-17(23)24)26-9(2)19/h13-16H,6-7H2,1-5H3/t13-,14-,15-,16-/m1/s1. The molecule has 13 nitrogen and oxygen atoms in total. The molecule has 0 spiro atoms. The molecule has 29 heavy (non-hydrogen) atoms. The maximum atomic E-state index is 11.6. The Morgan fingerprint density at radius 2 is 1.07 bits per heavy atom. The fourth-order valence-corrected chi connectivity index (χ4v) is 2.27. The monoisotopic (exact) mass is 421 g/mol. The van der Waals surface area contributed by atoms with Crippen molar-refractivity contribution in [3.63, 3.8) is 0 Å². The van der Waals surface area contributed by atoms with E-state index in [4.69, 9.17) is 23.7 Å². The predicted molar refractivity (Wildman–Crippen MR) is 90.7 cm³/mol. The molecule has 0 N–H and O–H groups in total. The smallest absolute Gasteiger partial charge is 0.303 e. The molecule has 0 radical (unpaired) electrons. The summed E-state index contributed by atoms with van der Waals surface area (Å²) in [5.74, 6) is -4.48. The molecule has 13 heteroatoms. The molecule has 164 valence electrons. The van der Waals surface area contributed by atoms with Crippen molar-refractivity contribution >= 4 is 29.8 Å². The van der Waals surface area contributed by atoms with Crippen molar-refractivity contribution in [2.45, 2.75) is 59.0 Å². The quantitative estimate of drug-likeness (QED) is 0.182. The summed E-state index contributed by atoms with van der Waals surface area (Å²) in [4.78, 5) is 67.3. The van der Waals surface area contributed by atoms with Crippen LogP contribution >= 0.6 is 0 Å². The summed E-state index contributed by atoms with van der Waals surface area (Å²) in [7, 11) is 0. The SMILES string of the molecule is CC(=O)OC[C@@H](OC(C)=O)[C@@H](OC(C)=O)[C@H](OC(C)=O)[C@@H](C[N+](=O)[O-])OC(C)=O. The van der Waals surface area contributed by atoms with Crippen molar-refractivity contribution in [1.82, 2.24) is 0 Å². The number of hydrogen-bond acceptors (Lipinski definition) is 12. The second-order valence-corrected chi connectivity index (χ2v) is 5.76. The van der Waals surface area contributed by atoms with Gasteiger partial charge in [-0.3, -0.25) is 34.1 Å². The Hall–Kier alpha value is -3.25. The summed E-state index contributed by atoms with van der Waals surface area (Å²) in [5.41, 5.74) is 0. The van der Waals surface area contributed by atoms with Crippen LogP contribution in [0, 0.1) is 10.1 Å². The lowest BCUT2D eigenvalue weighted by Gasteiger charge is -2.34. The number of ether oxygens (including phenoxy) is 5. The minimum absolute atomic E-state index is 0.629. The molecule has 4 atom stereocenters. The molecule has 0 bridgehead atoms. The maximum Gasteiger partial charge on any atom is 0.303 e. The van der Waals surface area contributed by atoms with Gasteiger partial charge in [-0.1, -0.05) is 0 Å². The number of hydrogen-bond donors (Lipinski definition) is 0. The summed E-state index contributed by atoms with van der Waals surface area (Å²) >= 11 is 0. The first kappa shape index (κ1) is 25.8. The van der Waals surface area contributed by atoms with E-state index in [-0.39, 0.29) is 0 Å². The minimum atomic E-state index is -1.74. The van der Waals surface area contributed by atoms with Crippen LogP contribution in [-0.2, 0) is 47.7 Å². The van der Waals surface area contributed by atoms with E-state index in [1.807, 2.05) is 0 Å². The van der Waals surface area contributed by atoms with Crippen LogP contribution in [0.5, 0.6) is 0 Å². The van der Waals surface area contributed by atoms with E-state index in [0.717, 1.165) is 34.6 Å². The first-order valence-electron chi connectivity index (χ1n) is 8.27. The van der Waals surface area contributed by atoms with Gasteiger partial charge in [0.15, 0.2) is 18.3 Å². The molecule has 0 saturated carbocycles. The lowest BCUT2D eigenvalue weighted by Crippen LogP contribution is -2.54. The third-order valence-electron chi connectivity index (χ3n) is 3.08. The fourth-order valence-electron chi connectivity index (χ4n) is 2.27. The Labute approximate surface area is 165 Å². The Morgan fingerprint density at radius 3 is 1.41 bits per heavy atom. The zero-order valence-corrected chi connectivity index (χ0v) is 16.6. The van der Waals surface area contributed by atoms with E-state index in [2.05, 4.69) is 0 Å². The molecule has 0 amide bonds. The van der Waals surface area contributed by atoms with Gasteiger partial charge in [0.25, 0.3) is 0 Å². The lowest BCUT2D eigenvalue weighted by atomic mass is 10.0. The molecule has 0 aromatic heterocycles. The molecule has 0 fully saturated rings. The molecule has 0 rings (SSSR count). The average Bonchev–Trinajstić information content (AvgIpc) is 2.52. The van der Waals surface area contributed by atoms with Crippen LogP contribution in [0.1, 0.15) is 34.6 Å². The molecule has 0 aliphatic rings. The van der Waals surface area contributed by atoms with Crippen LogP contribution < -0.4 is 0 Å². The molecule has 0 aromatic carbocycles. The third kappa shape index (κ3) is 11.2. The van der Waals surface area contributed by atoms with Crippen molar-refractivity contribution in [3.05, 3.63) is 10.1 Å². The number of nitro groups is 1. The lowest BCUT2D eigenvalue weighted by molar-refractivity contribution is -0.493. The zero-order valence-electron chi connectivity index (χ0n) is 16.6. The number of carbonyl (C=O) groups excluding carboxylic acids is 5. The summed E-state index contributed by atoms with van der Waals surface area (Å²) in [6, 6.07) is 0. The van der Waals surface area contributed by atoms with Gasteiger partial charge in [-0.2, -0.15) is 0 Å². The van der Waals surface area contributed by atoms with Crippen LogP contribution in [0.3, 0.4) is 0 Å². The largest absolute Gasteiger partial charge is 0.462 e. The average molecular weight is 421 g/mol. The second-order valence-electron chi connectivity index (χ2n) is 5.76. The van der Waals surface area contributed by atoms with Gasteiger partial charge in [0.2, 0.25) is 12.6 Å². The van der Waals surface area contributed by atoms with E-state index in [1.165, 1.54) is 0 Å². The third-order valence-corrected chi connectivity index (χ3v) is 3.08. The fraction of sp³-hybridized carbons (Fsp3) is 0.688. The first-order valence-corrected chi connectivity index (χ1v) is 8.27. The molecule has 0 saturated heterocycles. The number of esters is 5. The van der Waals surface area contributed by atoms with Crippen molar-refractivity contribution in [3.8, 4) is 0 Å². The highest BCUT2D eigenvalue weighted by Gasteiger charge is 2.45. The van der Waals surface area contributed by atoms with Gasteiger partial charge in [0, 0.05) is 39.5 Å². The number of carbonyl (C=O) groups is 5. The second kappa shape index (κ2) is 12.3. The van der Waals surface area contributed by atoms with Crippen LogP contribution in [0.15, 0.2) is 0 Å². The number of nitrogens with zero attached hydrogens (tertiary/aromatic N) is 1. The highest BCUT2D eigenvalue weighted by molar-refractivity contribution is 5.69. The van der Waals surface area contributed by atoms with E-state index in [9.17, 15) is 34.1 Å². The van der Waals surface area contributed by atoms with Crippen LogP contribution in [0.25, 0.3) is 0 Å². The highest BCUT2D eigenvalue weighted by atomic mass is 16.7. The zero-order chi connectivity index (χ0) is 22.7. The summed E-state index contributed by atoms with van der Waals surface area (Å²) in [6.45, 7) is 3.31. The van der Waals surface area contributed by atoms with Gasteiger partial charge in [0.05, 0.1) is 0 Å². The Kier molecular flexibility index (Phi) is 10.9. The van der Waals surface area contributed by atoms with Gasteiger partial charge in [-0.15, -0.1) is 0 Å². The van der Waals surface area contributed by atoms with Gasteiger partial charge in [-0.25, -0.2) is 0 Å². The molecule has 0 aliphatic heterocycles. The predicted octanol–water partition coefficient (Wildman–Crippen LogP) is -0.447. The summed E-state index contributed by atoms with van der Waals surface area (Å²) < 4.78 is 24.7. The van der Waals surface area contributed by atoms with Crippen molar-refractivity contribution < 1.29 is 52.6 Å². The van der Waals surface area contributed by atoms with Crippen molar-refractivity contribution in [2.75, 3.05) is 13.2 Å². The van der Waals surface area contributed by atoms with Crippen LogP contribution in [0.2, 0.25) is 0 Å². The highest BCUT2D eigenvalue weighted by Crippen LogP contribution is 2.20. The first-order chi connectivity index (χ1) is 13.3. The van der Waals surface area contributed by atoms with Gasteiger partial charge in [0.1, 0.15) is 6.61 Å². The van der Waals surface area contributed by atoms with E-state index >= 15 is 0 Å². The molecule has 0 aliphatic carbocycles. The molecular weight excluding hydrogens is 398 g/mol. The summed E-state index contributed by atoms with van der Waals surface area (Å²) in [5, 5.41) is 11.0. The topological polar surface area (TPSA) is 175 Å². The Balaban J connectivity index is 6.20. The Morgan fingerprint density at radius 1 is 0.690 bits per heavy atom. The summed E-state index contributed by atoms with van der Waals surface area (Å²) in [6.07, 6.45) is -6.66. The van der Waals surface area contributed by atoms with Crippen LogP contribution in [-0.4, -0.2) is 72.3 Å². The molecule has 0 aromatic rings. The van der Waals surface area contributed by atoms with E-state index in [0.29, 0.717) is 0 Å². The van der Waals surface area contributed by atoms with Gasteiger partial charge >= 0.3 is 29.8 Å². The van der Waals surface area contributed by atoms with Gasteiger partial charge < -0.3 is 23.7 Å². The Bertz CT molecular complexity index is 630. The van der Waals surface area contributed by atoms with Crippen molar-refractivity contribution in [1.29, 1.82) is 0 Å². The molecule has 0 heterocycles. The molecular formula is C16H23NO12. The molecule has 0 unspecified atom stereocenters.